The van der Waals surface area contributed by atoms with Crippen molar-refractivity contribution < 1.29 is 4.42 Å². The second-order valence-electron chi connectivity index (χ2n) is 4.79. The summed E-state index contributed by atoms with van der Waals surface area (Å²) in [6.07, 6.45) is 6.54. The number of thiazole rings is 1. The number of furan rings is 1. The summed E-state index contributed by atoms with van der Waals surface area (Å²) in [6, 6.07) is 2.80. The zero-order valence-electron chi connectivity index (χ0n) is 9.53. The van der Waals surface area contributed by atoms with E-state index in [-0.39, 0.29) is 0 Å². The van der Waals surface area contributed by atoms with Crippen molar-refractivity contribution >= 4 is 11.3 Å². The lowest BCUT2D eigenvalue weighted by molar-refractivity contribution is 0.508. The zero-order chi connectivity index (χ0) is 11.2. The zero-order valence-corrected chi connectivity index (χ0v) is 10.3. The third-order valence-corrected chi connectivity index (χ3v) is 4.56. The minimum atomic E-state index is 0.750. The average Bonchev–Trinajstić information content (AvgIpc) is 2.90. The van der Waals surface area contributed by atoms with E-state index < -0.39 is 0 Å². The molecule has 1 fully saturated rings. The standard InChI is InChI=1S/C13H14N2OS/c1-2-8(1)14-7-12-15-13-9-5-6-16-10(9)3-4-11(13)17-12/h5-6,8,14H,1-4,7H2. The van der Waals surface area contributed by atoms with Gasteiger partial charge < -0.3 is 9.73 Å². The van der Waals surface area contributed by atoms with Gasteiger partial charge in [-0.05, 0) is 25.3 Å². The van der Waals surface area contributed by atoms with Crippen molar-refractivity contribution in [3.05, 3.63) is 28.0 Å². The number of aryl methyl sites for hydroxylation is 2. The molecule has 2 aliphatic carbocycles. The van der Waals surface area contributed by atoms with Crippen molar-refractivity contribution in [2.24, 2.45) is 0 Å². The summed E-state index contributed by atoms with van der Waals surface area (Å²) in [5.74, 6) is 1.10. The lowest BCUT2D eigenvalue weighted by Crippen LogP contribution is -2.14. The molecule has 2 aromatic rings. The van der Waals surface area contributed by atoms with Gasteiger partial charge >= 0.3 is 0 Å². The number of nitrogens with one attached hydrogen (secondary N) is 1. The van der Waals surface area contributed by atoms with Crippen LogP contribution in [-0.4, -0.2) is 11.0 Å². The molecule has 17 heavy (non-hydrogen) atoms. The Hall–Kier alpha value is -1.13. The maximum absolute atomic E-state index is 5.48. The monoisotopic (exact) mass is 246 g/mol. The molecule has 0 aromatic carbocycles. The van der Waals surface area contributed by atoms with Crippen LogP contribution in [0, 0.1) is 0 Å². The first-order chi connectivity index (χ1) is 8.40. The van der Waals surface area contributed by atoms with Crippen LogP contribution < -0.4 is 5.32 Å². The normalized spacial score (nSPS) is 17.9. The fourth-order valence-corrected chi connectivity index (χ4v) is 3.38. The van der Waals surface area contributed by atoms with E-state index in [1.807, 2.05) is 17.4 Å². The van der Waals surface area contributed by atoms with E-state index in [9.17, 15) is 0 Å². The van der Waals surface area contributed by atoms with Crippen molar-refractivity contribution in [2.45, 2.75) is 38.3 Å². The molecule has 0 amide bonds. The van der Waals surface area contributed by atoms with Gasteiger partial charge in [-0.1, -0.05) is 0 Å². The van der Waals surface area contributed by atoms with E-state index in [0.29, 0.717) is 0 Å². The van der Waals surface area contributed by atoms with Gasteiger partial charge in [0.15, 0.2) is 0 Å². The van der Waals surface area contributed by atoms with Crippen LogP contribution in [0.15, 0.2) is 16.7 Å². The summed E-state index contributed by atoms with van der Waals surface area (Å²) in [4.78, 5) is 6.18. The molecule has 0 atom stereocenters. The Kier molecular flexibility index (Phi) is 2.13. The highest BCUT2D eigenvalue weighted by Crippen LogP contribution is 2.37. The summed E-state index contributed by atoms with van der Waals surface area (Å²) < 4.78 is 5.48. The second-order valence-corrected chi connectivity index (χ2v) is 5.96. The van der Waals surface area contributed by atoms with Crippen molar-refractivity contribution in [1.82, 2.24) is 10.3 Å². The highest BCUT2D eigenvalue weighted by Gasteiger charge is 2.24. The van der Waals surface area contributed by atoms with Crippen LogP contribution in [0.25, 0.3) is 11.3 Å². The molecule has 0 aliphatic heterocycles. The Balaban J connectivity index is 1.64. The third-order valence-electron chi connectivity index (χ3n) is 3.44. The molecule has 0 bridgehead atoms. The van der Waals surface area contributed by atoms with E-state index in [1.165, 1.54) is 28.3 Å². The van der Waals surface area contributed by atoms with Gasteiger partial charge in [0.05, 0.1) is 12.0 Å². The van der Waals surface area contributed by atoms with Gasteiger partial charge in [-0.3, -0.25) is 0 Å². The predicted octanol–water partition coefficient (Wildman–Crippen LogP) is 2.75. The highest BCUT2D eigenvalue weighted by molar-refractivity contribution is 7.12. The van der Waals surface area contributed by atoms with Gasteiger partial charge in [0.2, 0.25) is 0 Å². The minimum absolute atomic E-state index is 0.750. The highest BCUT2D eigenvalue weighted by atomic mass is 32.1. The number of fused-ring (bicyclic) bond motifs is 3. The lowest BCUT2D eigenvalue weighted by Gasteiger charge is -2.07. The van der Waals surface area contributed by atoms with Gasteiger partial charge in [0.25, 0.3) is 0 Å². The summed E-state index contributed by atoms with van der Waals surface area (Å²) in [5, 5.41) is 4.74. The predicted molar refractivity (Wildman–Crippen MR) is 67.1 cm³/mol. The van der Waals surface area contributed by atoms with E-state index in [0.717, 1.165) is 36.9 Å². The maximum atomic E-state index is 5.48. The van der Waals surface area contributed by atoms with E-state index in [4.69, 9.17) is 9.40 Å². The van der Waals surface area contributed by atoms with Crippen molar-refractivity contribution in [3.8, 4) is 11.3 Å². The molecule has 2 heterocycles. The summed E-state index contributed by atoms with van der Waals surface area (Å²) in [6.45, 7) is 0.926. The molecular formula is C13H14N2OS. The van der Waals surface area contributed by atoms with Crippen LogP contribution in [0.5, 0.6) is 0 Å². The largest absolute Gasteiger partial charge is 0.469 e. The molecule has 2 aliphatic rings. The van der Waals surface area contributed by atoms with Crippen LogP contribution in [0.2, 0.25) is 0 Å². The van der Waals surface area contributed by atoms with E-state index >= 15 is 0 Å². The smallest absolute Gasteiger partial charge is 0.113 e. The molecule has 2 aromatic heterocycles. The Bertz CT molecular complexity index is 554. The molecule has 1 N–H and O–H groups in total. The fraction of sp³-hybridized carbons (Fsp3) is 0.462. The van der Waals surface area contributed by atoms with Crippen molar-refractivity contribution in [3.63, 3.8) is 0 Å². The Morgan fingerprint density at radius 1 is 1.41 bits per heavy atom. The molecule has 1 saturated carbocycles. The minimum Gasteiger partial charge on any atom is -0.469 e. The molecule has 4 heteroatoms. The molecule has 0 radical (unpaired) electrons. The molecule has 0 unspecified atom stereocenters. The number of aromatic nitrogens is 1. The van der Waals surface area contributed by atoms with Crippen molar-refractivity contribution in [2.75, 3.05) is 0 Å². The molecule has 0 saturated heterocycles. The fourth-order valence-electron chi connectivity index (χ4n) is 2.35. The SMILES string of the molecule is c1cc2c(o1)CCc1sc(CNC3CC3)nc1-2. The quantitative estimate of drug-likeness (QED) is 0.905. The maximum Gasteiger partial charge on any atom is 0.113 e. The number of nitrogens with zero attached hydrogens (tertiary/aromatic N) is 1. The summed E-state index contributed by atoms with van der Waals surface area (Å²) >= 11 is 1.86. The van der Waals surface area contributed by atoms with E-state index in [2.05, 4.69) is 5.32 Å². The van der Waals surface area contributed by atoms with Crippen LogP contribution in [0.3, 0.4) is 0 Å². The molecular weight excluding hydrogens is 232 g/mol. The lowest BCUT2D eigenvalue weighted by atomic mass is 10.0. The number of hydrogen-bond acceptors (Lipinski definition) is 4. The second kappa shape index (κ2) is 3.68. The first-order valence-electron chi connectivity index (χ1n) is 6.19. The van der Waals surface area contributed by atoms with E-state index in [1.54, 1.807) is 6.26 Å². The average molecular weight is 246 g/mol. The Morgan fingerprint density at radius 3 is 3.24 bits per heavy atom. The van der Waals surface area contributed by atoms with Gasteiger partial charge in [-0.25, -0.2) is 4.98 Å². The van der Waals surface area contributed by atoms with Crippen LogP contribution in [0.4, 0.5) is 0 Å². The number of hydrogen-bond donors (Lipinski definition) is 1. The first kappa shape index (κ1) is 9.85. The molecule has 4 rings (SSSR count). The topological polar surface area (TPSA) is 38.1 Å². The third kappa shape index (κ3) is 1.72. The van der Waals surface area contributed by atoms with Gasteiger partial charge in [-0.2, -0.15) is 0 Å². The molecule has 88 valence electrons. The molecule has 3 nitrogen and oxygen atoms in total. The van der Waals surface area contributed by atoms with Crippen molar-refractivity contribution in [1.29, 1.82) is 0 Å². The Morgan fingerprint density at radius 2 is 2.35 bits per heavy atom. The molecule has 0 spiro atoms. The summed E-state index contributed by atoms with van der Waals surface area (Å²) in [7, 11) is 0. The summed E-state index contributed by atoms with van der Waals surface area (Å²) in [5.41, 5.74) is 2.37. The van der Waals surface area contributed by atoms with Crippen LogP contribution in [0.1, 0.15) is 28.5 Å². The van der Waals surface area contributed by atoms with Gasteiger partial charge in [0.1, 0.15) is 10.8 Å². The first-order valence-corrected chi connectivity index (χ1v) is 7.00. The Labute approximate surface area is 104 Å². The van der Waals surface area contributed by atoms with Crippen LogP contribution in [-0.2, 0) is 19.4 Å². The number of rotatable bonds is 3. The van der Waals surface area contributed by atoms with Crippen LogP contribution >= 0.6 is 11.3 Å². The van der Waals surface area contributed by atoms with Gasteiger partial charge in [-0.15, -0.1) is 11.3 Å². The van der Waals surface area contributed by atoms with Gasteiger partial charge in [0, 0.05) is 29.4 Å².